The lowest BCUT2D eigenvalue weighted by Gasteiger charge is -1.96. The molecule has 0 fully saturated rings. The van der Waals surface area contributed by atoms with E-state index in [9.17, 15) is 0 Å². The summed E-state index contributed by atoms with van der Waals surface area (Å²) >= 11 is 0. The van der Waals surface area contributed by atoms with Crippen molar-refractivity contribution in [2.75, 3.05) is 5.73 Å². The van der Waals surface area contributed by atoms with E-state index in [0.717, 1.165) is 23.2 Å². The summed E-state index contributed by atoms with van der Waals surface area (Å²) in [6.45, 7) is 2.00. The summed E-state index contributed by atoms with van der Waals surface area (Å²) in [5.41, 5.74) is 8.07. The van der Waals surface area contributed by atoms with Crippen LogP contribution < -0.4 is 5.73 Å². The van der Waals surface area contributed by atoms with Gasteiger partial charge in [0, 0.05) is 23.5 Å². The first-order valence-electron chi connectivity index (χ1n) is 4.32. The average molecular weight is 190 g/mol. The highest BCUT2D eigenvalue weighted by molar-refractivity contribution is 5.65. The Morgan fingerprint density at radius 3 is 2.71 bits per heavy atom. The number of hydrogen-bond donors (Lipinski definition) is 1. The second-order valence-electron chi connectivity index (χ2n) is 2.85. The molecule has 0 spiro atoms. The topological polar surface area (TPSA) is 77.8 Å². The molecule has 0 atom stereocenters. The second kappa shape index (κ2) is 3.45. The van der Waals surface area contributed by atoms with Gasteiger partial charge in [0.1, 0.15) is 12.0 Å². The Morgan fingerprint density at radius 1 is 1.36 bits per heavy atom. The molecule has 2 rings (SSSR count). The monoisotopic (exact) mass is 190 g/mol. The minimum absolute atomic E-state index is 0.367. The van der Waals surface area contributed by atoms with Crippen molar-refractivity contribution < 1.29 is 4.52 Å². The van der Waals surface area contributed by atoms with Crippen LogP contribution in [-0.2, 0) is 6.42 Å². The molecule has 2 heterocycles. The van der Waals surface area contributed by atoms with Crippen molar-refractivity contribution in [1.82, 2.24) is 15.1 Å². The maximum Gasteiger partial charge on any atom is 0.225 e. The Hall–Kier alpha value is -1.91. The van der Waals surface area contributed by atoms with Crippen molar-refractivity contribution in [2.45, 2.75) is 13.3 Å². The molecule has 5 heteroatoms. The van der Waals surface area contributed by atoms with Crippen molar-refractivity contribution in [1.29, 1.82) is 0 Å². The van der Waals surface area contributed by atoms with Crippen molar-refractivity contribution in [2.24, 2.45) is 0 Å². The van der Waals surface area contributed by atoms with Gasteiger partial charge in [-0.1, -0.05) is 12.1 Å². The lowest BCUT2D eigenvalue weighted by Crippen LogP contribution is -1.90. The minimum Gasteiger partial charge on any atom is -0.367 e. The summed E-state index contributed by atoms with van der Waals surface area (Å²) in [5.74, 6) is 0.367. The largest absolute Gasteiger partial charge is 0.367 e. The molecular weight excluding hydrogens is 180 g/mol. The van der Waals surface area contributed by atoms with E-state index in [-0.39, 0.29) is 0 Å². The van der Waals surface area contributed by atoms with Crippen LogP contribution in [0.25, 0.3) is 11.3 Å². The number of rotatable bonds is 2. The SMILES string of the molecule is CCc1c(-c2cncnc2)noc1N. The van der Waals surface area contributed by atoms with Gasteiger partial charge in [0.25, 0.3) is 0 Å². The summed E-state index contributed by atoms with van der Waals surface area (Å²) in [6.07, 6.45) is 5.62. The lowest BCUT2D eigenvalue weighted by molar-refractivity contribution is 0.438. The zero-order chi connectivity index (χ0) is 9.97. The first-order chi connectivity index (χ1) is 6.83. The number of anilines is 1. The number of nitrogen functional groups attached to an aromatic ring is 1. The zero-order valence-corrected chi connectivity index (χ0v) is 7.77. The van der Waals surface area contributed by atoms with E-state index < -0.39 is 0 Å². The van der Waals surface area contributed by atoms with Gasteiger partial charge in [-0.2, -0.15) is 0 Å². The maximum absolute atomic E-state index is 5.62. The second-order valence-corrected chi connectivity index (χ2v) is 2.85. The quantitative estimate of drug-likeness (QED) is 0.771. The van der Waals surface area contributed by atoms with Crippen LogP contribution in [0.5, 0.6) is 0 Å². The number of hydrogen-bond acceptors (Lipinski definition) is 5. The van der Waals surface area contributed by atoms with E-state index in [1.54, 1.807) is 12.4 Å². The van der Waals surface area contributed by atoms with E-state index in [0.29, 0.717) is 5.88 Å². The van der Waals surface area contributed by atoms with Crippen LogP contribution in [0, 0.1) is 0 Å². The van der Waals surface area contributed by atoms with E-state index in [1.165, 1.54) is 6.33 Å². The van der Waals surface area contributed by atoms with Crippen molar-refractivity contribution >= 4 is 5.88 Å². The summed E-state index contributed by atoms with van der Waals surface area (Å²) < 4.78 is 4.91. The van der Waals surface area contributed by atoms with Gasteiger partial charge in [-0.3, -0.25) is 0 Å². The number of nitrogens with zero attached hydrogens (tertiary/aromatic N) is 3. The van der Waals surface area contributed by atoms with Crippen LogP contribution in [0.4, 0.5) is 5.88 Å². The average Bonchev–Trinajstić information content (AvgIpc) is 2.61. The van der Waals surface area contributed by atoms with Crippen LogP contribution in [0.2, 0.25) is 0 Å². The fraction of sp³-hybridized carbons (Fsp3) is 0.222. The van der Waals surface area contributed by atoms with Crippen LogP contribution >= 0.6 is 0 Å². The maximum atomic E-state index is 5.62. The molecule has 0 unspecified atom stereocenters. The Kier molecular flexibility index (Phi) is 2.14. The van der Waals surface area contributed by atoms with Gasteiger partial charge in [-0.15, -0.1) is 0 Å². The van der Waals surface area contributed by atoms with Gasteiger partial charge in [0.05, 0.1) is 0 Å². The first-order valence-corrected chi connectivity index (χ1v) is 4.32. The molecule has 0 aliphatic heterocycles. The van der Waals surface area contributed by atoms with Crippen LogP contribution in [0.1, 0.15) is 12.5 Å². The molecule has 0 aliphatic rings. The Bertz CT molecular complexity index is 424. The molecule has 0 amide bonds. The van der Waals surface area contributed by atoms with Crippen molar-refractivity contribution in [3.8, 4) is 11.3 Å². The fourth-order valence-electron chi connectivity index (χ4n) is 1.31. The summed E-state index contributed by atoms with van der Waals surface area (Å²) in [7, 11) is 0. The molecule has 2 N–H and O–H groups in total. The summed E-state index contributed by atoms with van der Waals surface area (Å²) in [4.78, 5) is 7.82. The summed E-state index contributed by atoms with van der Waals surface area (Å²) in [5, 5.41) is 3.88. The van der Waals surface area contributed by atoms with E-state index in [2.05, 4.69) is 15.1 Å². The number of aromatic nitrogens is 3. The molecule has 0 bridgehead atoms. The van der Waals surface area contributed by atoms with Crippen LogP contribution in [0.15, 0.2) is 23.2 Å². The predicted molar refractivity (Wildman–Crippen MR) is 51.3 cm³/mol. The molecule has 0 aromatic carbocycles. The minimum atomic E-state index is 0.367. The lowest BCUT2D eigenvalue weighted by atomic mass is 10.1. The molecule has 5 nitrogen and oxygen atoms in total. The molecule has 0 saturated heterocycles. The van der Waals surface area contributed by atoms with Gasteiger partial charge < -0.3 is 10.3 Å². The molecule has 14 heavy (non-hydrogen) atoms. The molecule has 72 valence electrons. The fourth-order valence-corrected chi connectivity index (χ4v) is 1.31. The predicted octanol–water partition coefficient (Wildman–Crippen LogP) is 1.28. The zero-order valence-electron chi connectivity index (χ0n) is 7.77. The molecule has 0 radical (unpaired) electrons. The third kappa shape index (κ3) is 1.32. The van der Waals surface area contributed by atoms with Crippen molar-refractivity contribution in [3.63, 3.8) is 0 Å². The van der Waals surface area contributed by atoms with Gasteiger partial charge in [0.2, 0.25) is 5.88 Å². The number of nitrogens with two attached hydrogens (primary N) is 1. The first kappa shape index (κ1) is 8.68. The van der Waals surface area contributed by atoms with Crippen molar-refractivity contribution in [3.05, 3.63) is 24.3 Å². The molecule has 0 aliphatic carbocycles. The Morgan fingerprint density at radius 2 is 2.07 bits per heavy atom. The molecule has 2 aromatic rings. The van der Waals surface area contributed by atoms with Gasteiger partial charge in [-0.05, 0) is 6.42 Å². The highest BCUT2D eigenvalue weighted by Crippen LogP contribution is 2.25. The molecular formula is C9H10N4O. The Balaban J connectivity index is 2.52. The van der Waals surface area contributed by atoms with Gasteiger partial charge >= 0.3 is 0 Å². The standard InChI is InChI=1S/C9H10N4O/c1-2-7-8(13-14-9(7)10)6-3-11-5-12-4-6/h3-5H,2,10H2,1H3. The van der Waals surface area contributed by atoms with E-state index in [4.69, 9.17) is 10.3 Å². The Labute approximate surface area is 81.0 Å². The van der Waals surface area contributed by atoms with Crippen LogP contribution in [-0.4, -0.2) is 15.1 Å². The van der Waals surface area contributed by atoms with Gasteiger partial charge in [0.15, 0.2) is 0 Å². The highest BCUT2D eigenvalue weighted by atomic mass is 16.5. The normalized spacial score (nSPS) is 10.4. The third-order valence-corrected chi connectivity index (χ3v) is 2.01. The highest BCUT2D eigenvalue weighted by Gasteiger charge is 2.13. The molecule has 2 aromatic heterocycles. The van der Waals surface area contributed by atoms with E-state index in [1.807, 2.05) is 6.92 Å². The van der Waals surface area contributed by atoms with E-state index >= 15 is 0 Å². The summed E-state index contributed by atoms with van der Waals surface area (Å²) in [6, 6.07) is 0. The third-order valence-electron chi connectivity index (χ3n) is 2.01. The molecule has 0 saturated carbocycles. The smallest absolute Gasteiger partial charge is 0.225 e. The van der Waals surface area contributed by atoms with Gasteiger partial charge in [-0.25, -0.2) is 9.97 Å². The van der Waals surface area contributed by atoms with Crippen LogP contribution in [0.3, 0.4) is 0 Å².